The zero-order valence-electron chi connectivity index (χ0n) is 7.56. The molecule has 0 amide bonds. The van der Waals surface area contributed by atoms with E-state index < -0.39 is 0 Å². The number of hydrogen-bond donors (Lipinski definition) is 1. The van der Waals surface area contributed by atoms with E-state index >= 15 is 0 Å². The van der Waals surface area contributed by atoms with Crippen molar-refractivity contribution in [3.8, 4) is 0 Å². The minimum atomic E-state index is 1.23. The summed E-state index contributed by atoms with van der Waals surface area (Å²) in [6.07, 6.45) is 5.15. The zero-order chi connectivity index (χ0) is 8.67. The topological polar surface area (TPSA) is 15.8 Å². The molecule has 1 heteroatoms. The lowest BCUT2D eigenvalue weighted by atomic mass is 9.96. The summed E-state index contributed by atoms with van der Waals surface area (Å²) in [6.45, 7) is 0. The third kappa shape index (κ3) is 0.998. The number of aryl methyl sites for hydroxylation is 2. The Kier molecular flexibility index (Phi) is 1.45. The molecule has 1 heterocycles. The maximum absolute atomic E-state index is 3.50. The van der Waals surface area contributed by atoms with Gasteiger partial charge in [0, 0.05) is 16.6 Å². The van der Waals surface area contributed by atoms with Crippen LogP contribution >= 0.6 is 0 Å². The number of benzene rings is 1. The minimum Gasteiger partial charge on any atom is -0.358 e. The van der Waals surface area contributed by atoms with Gasteiger partial charge in [-0.2, -0.15) is 0 Å². The first-order valence-corrected chi connectivity index (χ1v) is 4.95. The molecule has 0 atom stereocenters. The van der Waals surface area contributed by atoms with Gasteiger partial charge in [-0.05, 0) is 49.4 Å². The molecule has 65 valence electrons. The molecule has 2 aromatic rings. The molecule has 0 spiro atoms. The Balaban J connectivity index is 2.34. The number of aromatic nitrogens is 1. The van der Waals surface area contributed by atoms with Crippen LogP contribution in [0.2, 0.25) is 0 Å². The molecule has 0 saturated carbocycles. The molecule has 0 fully saturated rings. The molecule has 1 aromatic carbocycles. The molecule has 0 unspecified atom stereocenters. The van der Waals surface area contributed by atoms with E-state index in [2.05, 4.69) is 23.2 Å². The summed E-state index contributed by atoms with van der Waals surface area (Å²) in [5.74, 6) is 0. The fourth-order valence-electron chi connectivity index (χ4n) is 2.29. The summed E-state index contributed by atoms with van der Waals surface area (Å²) in [5, 5.41) is 1.39. The summed E-state index contributed by atoms with van der Waals surface area (Å²) < 4.78 is 0. The van der Waals surface area contributed by atoms with Crippen molar-refractivity contribution in [1.29, 1.82) is 0 Å². The fourth-order valence-corrected chi connectivity index (χ4v) is 2.29. The number of fused-ring (bicyclic) bond motifs is 3. The van der Waals surface area contributed by atoms with E-state index in [0.717, 1.165) is 0 Å². The molecule has 1 radical (unpaired) electrons. The molecule has 0 saturated heterocycles. The summed E-state index contributed by atoms with van der Waals surface area (Å²) in [6, 6.07) is 9.35. The zero-order valence-corrected chi connectivity index (χ0v) is 7.56. The van der Waals surface area contributed by atoms with Crippen LogP contribution in [0.25, 0.3) is 10.9 Å². The van der Waals surface area contributed by atoms with Gasteiger partial charge >= 0.3 is 0 Å². The number of nitrogens with one attached hydrogen (secondary N) is 1. The monoisotopic (exact) mass is 170 g/mol. The van der Waals surface area contributed by atoms with E-state index in [4.69, 9.17) is 0 Å². The van der Waals surface area contributed by atoms with Crippen LogP contribution in [0.5, 0.6) is 0 Å². The summed E-state index contributed by atoms with van der Waals surface area (Å²) in [5.41, 5.74) is 4.28. The van der Waals surface area contributed by atoms with Gasteiger partial charge in [0.1, 0.15) is 0 Å². The second-order valence-electron chi connectivity index (χ2n) is 3.76. The number of rotatable bonds is 0. The van der Waals surface area contributed by atoms with Gasteiger partial charge in [0.05, 0.1) is 0 Å². The number of aromatic amines is 1. The molecule has 13 heavy (non-hydrogen) atoms. The van der Waals surface area contributed by atoms with E-state index in [-0.39, 0.29) is 0 Å². The van der Waals surface area contributed by atoms with E-state index in [1.54, 1.807) is 0 Å². The molecule has 0 bridgehead atoms. The lowest BCUT2D eigenvalue weighted by molar-refractivity contribution is 0.680. The highest BCUT2D eigenvalue weighted by atomic mass is 14.7. The smallest absolute Gasteiger partial charge is 0.0459 e. The van der Waals surface area contributed by atoms with Crippen LogP contribution in [-0.2, 0) is 12.8 Å². The highest BCUT2D eigenvalue weighted by Gasteiger charge is 2.13. The van der Waals surface area contributed by atoms with Crippen LogP contribution in [0.4, 0.5) is 0 Å². The predicted octanol–water partition coefficient (Wildman–Crippen LogP) is 2.85. The lowest BCUT2D eigenvalue weighted by Crippen LogP contribution is -1.99. The van der Waals surface area contributed by atoms with Crippen LogP contribution < -0.4 is 0 Å². The van der Waals surface area contributed by atoms with Crippen molar-refractivity contribution >= 4 is 10.9 Å². The molecule has 1 nitrogen and oxygen atoms in total. The second kappa shape index (κ2) is 2.63. The van der Waals surface area contributed by atoms with Crippen LogP contribution in [0, 0.1) is 6.07 Å². The highest BCUT2D eigenvalue weighted by molar-refractivity contribution is 5.84. The van der Waals surface area contributed by atoms with Crippen molar-refractivity contribution in [2.24, 2.45) is 0 Å². The van der Waals surface area contributed by atoms with Gasteiger partial charge in [-0.25, -0.2) is 0 Å². The first-order chi connectivity index (χ1) is 6.45. The van der Waals surface area contributed by atoms with E-state index in [9.17, 15) is 0 Å². The average Bonchev–Trinajstić information content (AvgIpc) is 2.56. The third-order valence-electron chi connectivity index (χ3n) is 2.94. The van der Waals surface area contributed by atoms with Crippen LogP contribution in [0.3, 0.4) is 0 Å². The minimum absolute atomic E-state index is 1.23. The Morgan fingerprint density at radius 1 is 1.23 bits per heavy atom. The van der Waals surface area contributed by atoms with Crippen molar-refractivity contribution in [3.63, 3.8) is 0 Å². The van der Waals surface area contributed by atoms with Gasteiger partial charge in [-0.1, -0.05) is 6.07 Å². The molecular weight excluding hydrogens is 158 g/mol. The molecule has 0 aliphatic heterocycles. The van der Waals surface area contributed by atoms with Gasteiger partial charge in [-0.3, -0.25) is 0 Å². The Hall–Kier alpha value is -1.24. The lowest BCUT2D eigenvalue weighted by Gasteiger charge is -2.10. The summed E-state index contributed by atoms with van der Waals surface area (Å²) >= 11 is 0. The Labute approximate surface area is 77.8 Å². The van der Waals surface area contributed by atoms with E-state index in [1.165, 1.54) is 47.8 Å². The Morgan fingerprint density at radius 3 is 3.15 bits per heavy atom. The third-order valence-corrected chi connectivity index (χ3v) is 2.94. The van der Waals surface area contributed by atoms with Gasteiger partial charge in [0.2, 0.25) is 0 Å². The first kappa shape index (κ1) is 7.19. The van der Waals surface area contributed by atoms with E-state index in [0.29, 0.717) is 0 Å². The fraction of sp³-hybridized carbons (Fsp3) is 0.333. The summed E-state index contributed by atoms with van der Waals surface area (Å²) in [7, 11) is 0. The molecule has 1 aliphatic rings. The van der Waals surface area contributed by atoms with Crippen LogP contribution in [0.1, 0.15) is 24.1 Å². The Bertz CT molecular complexity index is 439. The van der Waals surface area contributed by atoms with Gasteiger partial charge in [-0.15, -0.1) is 0 Å². The van der Waals surface area contributed by atoms with Crippen molar-refractivity contribution in [3.05, 3.63) is 35.5 Å². The van der Waals surface area contributed by atoms with Gasteiger partial charge < -0.3 is 4.98 Å². The molecular formula is C12H12N. The maximum Gasteiger partial charge on any atom is 0.0459 e. The van der Waals surface area contributed by atoms with Crippen molar-refractivity contribution < 1.29 is 0 Å². The normalized spacial score (nSPS) is 16.0. The summed E-state index contributed by atoms with van der Waals surface area (Å²) in [4.78, 5) is 3.50. The predicted molar refractivity (Wildman–Crippen MR) is 53.8 cm³/mol. The van der Waals surface area contributed by atoms with Gasteiger partial charge in [0.15, 0.2) is 0 Å². The van der Waals surface area contributed by atoms with Crippen LogP contribution in [-0.4, -0.2) is 4.98 Å². The highest BCUT2D eigenvalue weighted by Crippen LogP contribution is 2.28. The molecule has 3 rings (SSSR count). The largest absolute Gasteiger partial charge is 0.358 e. The van der Waals surface area contributed by atoms with Crippen LogP contribution in [0.15, 0.2) is 18.2 Å². The first-order valence-electron chi connectivity index (χ1n) is 4.95. The van der Waals surface area contributed by atoms with Crippen molar-refractivity contribution in [2.45, 2.75) is 25.7 Å². The number of hydrogen-bond acceptors (Lipinski definition) is 0. The molecule has 1 N–H and O–H groups in total. The Morgan fingerprint density at radius 2 is 2.15 bits per heavy atom. The van der Waals surface area contributed by atoms with Crippen molar-refractivity contribution in [1.82, 2.24) is 4.98 Å². The maximum atomic E-state index is 3.50. The molecule has 1 aliphatic carbocycles. The number of H-pyrrole nitrogens is 1. The second-order valence-corrected chi connectivity index (χ2v) is 3.76. The standard InChI is InChI=1S/C12H12N/c1-3-7-11-9(5-1)10-6-2-4-8-12(10)13-11/h4,6,8,13H,1,3,5,7H2. The van der Waals surface area contributed by atoms with Gasteiger partial charge in [0.25, 0.3) is 0 Å². The van der Waals surface area contributed by atoms with E-state index in [1.807, 2.05) is 6.07 Å². The molecule has 1 aromatic heterocycles. The SMILES string of the molecule is [c]1ccc2[nH]c3c(c2c1)CCCC3. The quantitative estimate of drug-likeness (QED) is 0.625. The van der Waals surface area contributed by atoms with Crippen molar-refractivity contribution in [2.75, 3.05) is 0 Å². The average molecular weight is 170 g/mol.